The van der Waals surface area contributed by atoms with Crippen LogP contribution in [0.2, 0.25) is 0 Å². The van der Waals surface area contributed by atoms with Crippen LogP contribution in [0, 0.1) is 5.82 Å². The maximum absolute atomic E-state index is 12.7. The number of halogens is 1. The van der Waals surface area contributed by atoms with Crippen LogP contribution in [0.3, 0.4) is 0 Å². The molecule has 3 heteroatoms. The molecule has 1 N–H and O–H groups in total. The summed E-state index contributed by atoms with van der Waals surface area (Å²) in [6.45, 7) is 2.11. The zero-order chi connectivity index (χ0) is 11.8. The highest BCUT2D eigenvalue weighted by molar-refractivity contribution is 5.45. The zero-order valence-electron chi connectivity index (χ0n) is 10.2. The predicted octanol–water partition coefficient (Wildman–Crippen LogP) is 2.65. The Morgan fingerprint density at radius 2 is 1.81 bits per heavy atom. The summed E-state index contributed by atoms with van der Waals surface area (Å²) >= 11 is 0. The molecule has 1 aromatic rings. The first kappa shape index (κ1) is 13.0. The topological polar surface area (TPSA) is 15.3 Å². The van der Waals surface area contributed by atoms with E-state index in [-0.39, 0.29) is 5.82 Å². The van der Waals surface area contributed by atoms with Crippen LogP contribution >= 0.6 is 0 Å². The molecule has 90 valence electrons. The number of benzene rings is 1. The van der Waals surface area contributed by atoms with Crippen LogP contribution in [0.4, 0.5) is 10.1 Å². The van der Waals surface area contributed by atoms with Crippen molar-refractivity contribution in [3.05, 3.63) is 30.1 Å². The van der Waals surface area contributed by atoms with Gasteiger partial charge < -0.3 is 10.2 Å². The van der Waals surface area contributed by atoms with E-state index in [9.17, 15) is 4.39 Å². The molecule has 1 aromatic carbocycles. The monoisotopic (exact) mass is 224 g/mol. The summed E-state index contributed by atoms with van der Waals surface area (Å²) in [5, 5.41) is 3.14. The van der Waals surface area contributed by atoms with Crippen molar-refractivity contribution in [2.75, 3.05) is 32.1 Å². The molecule has 0 fully saturated rings. The molecule has 1 rings (SSSR count). The van der Waals surface area contributed by atoms with E-state index in [1.165, 1.54) is 31.4 Å². The van der Waals surface area contributed by atoms with Gasteiger partial charge in [-0.1, -0.05) is 6.42 Å². The molecular weight excluding hydrogens is 203 g/mol. The molecule has 0 saturated carbocycles. The maximum Gasteiger partial charge on any atom is 0.123 e. The zero-order valence-corrected chi connectivity index (χ0v) is 10.2. The molecule has 0 atom stereocenters. The molecule has 0 saturated heterocycles. The fraction of sp³-hybridized carbons (Fsp3) is 0.538. The number of anilines is 1. The first-order valence-electron chi connectivity index (χ1n) is 5.85. The molecule has 0 unspecified atom stereocenters. The molecule has 0 aromatic heterocycles. The van der Waals surface area contributed by atoms with Crippen LogP contribution in [0.15, 0.2) is 24.3 Å². The molecule has 2 nitrogen and oxygen atoms in total. The first-order chi connectivity index (χ1) is 7.74. The minimum atomic E-state index is -0.175. The highest BCUT2D eigenvalue weighted by atomic mass is 19.1. The van der Waals surface area contributed by atoms with E-state index in [0.717, 1.165) is 18.8 Å². The predicted molar refractivity (Wildman–Crippen MR) is 67.4 cm³/mol. The number of nitrogens with one attached hydrogen (secondary N) is 1. The minimum absolute atomic E-state index is 0.175. The van der Waals surface area contributed by atoms with Crippen LogP contribution in [0.1, 0.15) is 19.3 Å². The van der Waals surface area contributed by atoms with Crippen molar-refractivity contribution in [2.45, 2.75) is 19.3 Å². The van der Waals surface area contributed by atoms with Gasteiger partial charge in [-0.15, -0.1) is 0 Å². The summed E-state index contributed by atoms with van der Waals surface area (Å²) in [5.74, 6) is -0.175. The Morgan fingerprint density at radius 1 is 1.12 bits per heavy atom. The van der Waals surface area contributed by atoms with Gasteiger partial charge in [0.25, 0.3) is 0 Å². The van der Waals surface area contributed by atoms with Gasteiger partial charge in [0.15, 0.2) is 0 Å². The second-order valence-electron chi connectivity index (χ2n) is 4.06. The van der Waals surface area contributed by atoms with Crippen molar-refractivity contribution in [3.8, 4) is 0 Å². The fourth-order valence-corrected chi connectivity index (χ4v) is 1.65. The van der Waals surface area contributed by atoms with Crippen molar-refractivity contribution in [1.29, 1.82) is 0 Å². The maximum atomic E-state index is 12.7. The van der Waals surface area contributed by atoms with Gasteiger partial charge in [0.2, 0.25) is 0 Å². The normalized spacial score (nSPS) is 10.4. The second kappa shape index (κ2) is 7.23. The summed E-state index contributed by atoms with van der Waals surface area (Å²) in [5.41, 5.74) is 1.08. The van der Waals surface area contributed by atoms with E-state index in [1.54, 1.807) is 0 Å². The molecule has 0 aliphatic heterocycles. The SMILES string of the molecule is CNCCCCCN(C)c1ccc(F)cc1. The van der Waals surface area contributed by atoms with Gasteiger partial charge in [0.1, 0.15) is 5.82 Å². The summed E-state index contributed by atoms with van der Waals surface area (Å²) in [6.07, 6.45) is 3.62. The van der Waals surface area contributed by atoms with Crippen molar-refractivity contribution < 1.29 is 4.39 Å². The van der Waals surface area contributed by atoms with Crippen LogP contribution in [0.25, 0.3) is 0 Å². The third-order valence-corrected chi connectivity index (χ3v) is 2.69. The number of hydrogen-bond acceptors (Lipinski definition) is 2. The average molecular weight is 224 g/mol. The lowest BCUT2D eigenvalue weighted by Gasteiger charge is -2.19. The van der Waals surface area contributed by atoms with Crippen LogP contribution in [0.5, 0.6) is 0 Å². The van der Waals surface area contributed by atoms with Gasteiger partial charge in [0, 0.05) is 19.3 Å². The van der Waals surface area contributed by atoms with Gasteiger partial charge >= 0.3 is 0 Å². The Hall–Kier alpha value is -1.09. The summed E-state index contributed by atoms with van der Waals surface area (Å²) in [7, 11) is 4.02. The number of rotatable bonds is 7. The average Bonchev–Trinajstić information content (AvgIpc) is 2.29. The Labute approximate surface area is 97.5 Å². The Morgan fingerprint density at radius 3 is 2.44 bits per heavy atom. The summed E-state index contributed by atoms with van der Waals surface area (Å²) in [6, 6.07) is 6.66. The minimum Gasteiger partial charge on any atom is -0.375 e. The largest absolute Gasteiger partial charge is 0.375 e. The molecule has 0 aliphatic rings. The van der Waals surface area contributed by atoms with Gasteiger partial charge in [0.05, 0.1) is 0 Å². The first-order valence-corrected chi connectivity index (χ1v) is 5.85. The van der Waals surface area contributed by atoms with Crippen molar-refractivity contribution >= 4 is 5.69 Å². The smallest absolute Gasteiger partial charge is 0.123 e. The number of unbranched alkanes of at least 4 members (excludes halogenated alkanes) is 2. The lowest BCUT2D eigenvalue weighted by molar-refractivity contribution is 0.626. The Balaban J connectivity index is 2.24. The summed E-state index contributed by atoms with van der Waals surface area (Å²) < 4.78 is 12.7. The number of hydrogen-bond donors (Lipinski definition) is 1. The molecule has 0 heterocycles. The van der Waals surface area contributed by atoms with E-state index in [4.69, 9.17) is 0 Å². The van der Waals surface area contributed by atoms with Crippen LogP contribution < -0.4 is 10.2 Å². The van der Waals surface area contributed by atoms with E-state index in [0.29, 0.717) is 0 Å². The van der Waals surface area contributed by atoms with E-state index >= 15 is 0 Å². The molecule has 16 heavy (non-hydrogen) atoms. The molecular formula is C13H21FN2. The van der Waals surface area contributed by atoms with Gasteiger partial charge in [-0.3, -0.25) is 0 Å². The van der Waals surface area contributed by atoms with Crippen molar-refractivity contribution in [2.24, 2.45) is 0 Å². The molecule has 0 aliphatic carbocycles. The lowest BCUT2D eigenvalue weighted by atomic mass is 10.2. The van der Waals surface area contributed by atoms with Gasteiger partial charge in [-0.2, -0.15) is 0 Å². The van der Waals surface area contributed by atoms with Gasteiger partial charge in [-0.05, 0) is 50.7 Å². The quantitative estimate of drug-likeness (QED) is 0.716. The Kier molecular flexibility index (Phi) is 5.86. The molecule has 0 spiro atoms. The standard InChI is InChI=1S/C13H21FN2/c1-15-10-4-3-5-11-16(2)13-8-6-12(14)7-9-13/h6-9,15H,3-5,10-11H2,1-2H3. The Bertz CT molecular complexity index is 284. The van der Waals surface area contributed by atoms with Gasteiger partial charge in [-0.25, -0.2) is 4.39 Å². The number of nitrogens with zero attached hydrogens (tertiary/aromatic N) is 1. The highest BCUT2D eigenvalue weighted by Gasteiger charge is 2.00. The fourth-order valence-electron chi connectivity index (χ4n) is 1.65. The highest BCUT2D eigenvalue weighted by Crippen LogP contribution is 2.13. The lowest BCUT2D eigenvalue weighted by Crippen LogP contribution is -2.18. The van der Waals surface area contributed by atoms with Crippen molar-refractivity contribution in [1.82, 2.24) is 5.32 Å². The molecule has 0 radical (unpaired) electrons. The molecule has 0 bridgehead atoms. The van der Waals surface area contributed by atoms with E-state index in [1.807, 2.05) is 26.2 Å². The third-order valence-electron chi connectivity index (χ3n) is 2.69. The third kappa shape index (κ3) is 4.62. The van der Waals surface area contributed by atoms with Crippen LogP contribution in [-0.2, 0) is 0 Å². The van der Waals surface area contributed by atoms with Crippen LogP contribution in [-0.4, -0.2) is 27.2 Å². The second-order valence-corrected chi connectivity index (χ2v) is 4.06. The molecule has 0 amide bonds. The summed E-state index contributed by atoms with van der Waals surface area (Å²) in [4.78, 5) is 2.17. The van der Waals surface area contributed by atoms with Crippen molar-refractivity contribution in [3.63, 3.8) is 0 Å². The van der Waals surface area contributed by atoms with E-state index < -0.39 is 0 Å². The van der Waals surface area contributed by atoms with E-state index in [2.05, 4.69) is 10.2 Å².